The van der Waals surface area contributed by atoms with Crippen molar-refractivity contribution in [2.45, 2.75) is 38.5 Å². The van der Waals surface area contributed by atoms with E-state index in [0.29, 0.717) is 12.6 Å². The Balaban J connectivity index is 1.42. The van der Waals surface area contributed by atoms with Gasteiger partial charge in [0, 0.05) is 25.5 Å². The van der Waals surface area contributed by atoms with Gasteiger partial charge in [-0.05, 0) is 31.4 Å². The Morgan fingerprint density at radius 2 is 1.88 bits per heavy atom. The highest BCUT2D eigenvalue weighted by molar-refractivity contribution is 5.93. The summed E-state index contributed by atoms with van der Waals surface area (Å²) in [4.78, 5) is 22.6. The largest absolute Gasteiger partial charge is 0.373 e. The Hall–Kier alpha value is -2.31. The summed E-state index contributed by atoms with van der Waals surface area (Å²) in [6, 6.07) is 11.7. The van der Waals surface area contributed by atoms with Gasteiger partial charge in [-0.3, -0.25) is 15.0 Å². The number of aromatic nitrogens is 2. The average molecular weight is 340 g/mol. The number of carbonyl (C=O) groups is 1. The molecule has 1 N–H and O–H groups in total. The zero-order chi connectivity index (χ0) is 17.5. The van der Waals surface area contributed by atoms with E-state index < -0.39 is 0 Å². The van der Waals surface area contributed by atoms with E-state index in [1.165, 1.54) is 5.56 Å². The topological polar surface area (TPSA) is 67.4 Å². The van der Waals surface area contributed by atoms with Gasteiger partial charge in [-0.1, -0.05) is 30.3 Å². The van der Waals surface area contributed by atoms with Crippen molar-refractivity contribution in [1.82, 2.24) is 14.9 Å². The molecule has 0 radical (unpaired) electrons. The molecule has 2 heterocycles. The third kappa shape index (κ3) is 5.08. The van der Waals surface area contributed by atoms with Crippen LogP contribution in [-0.4, -0.2) is 46.0 Å². The van der Waals surface area contributed by atoms with Gasteiger partial charge in [0.25, 0.3) is 0 Å². The number of hydrogen-bond acceptors (Lipinski definition) is 5. The fourth-order valence-electron chi connectivity index (χ4n) is 2.96. The monoisotopic (exact) mass is 340 g/mol. The Morgan fingerprint density at radius 3 is 2.56 bits per heavy atom. The van der Waals surface area contributed by atoms with Crippen LogP contribution in [0.15, 0.2) is 48.8 Å². The van der Waals surface area contributed by atoms with Crippen LogP contribution in [0, 0.1) is 0 Å². The molecule has 6 nitrogen and oxygen atoms in total. The van der Waals surface area contributed by atoms with Crippen molar-refractivity contribution in [3.8, 4) is 0 Å². The lowest BCUT2D eigenvalue weighted by atomic mass is 10.1. The molecule has 0 aliphatic carbocycles. The number of piperidine rings is 1. The Labute approximate surface area is 148 Å². The number of amides is 1. The third-order valence-electron chi connectivity index (χ3n) is 4.53. The molecule has 132 valence electrons. The van der Waals surface area contributed by atoms with Crippen molar-refractivity contribution in [3.05, 3.63) is 54.4 Å². The number of ether oxygens (including phenoxy) is 1. The van der Waals surface area contributed by atoms with Crippen molar-refractivity contribution in [3.63, 3.8) is 0 Å². The average Bonchev–Trinajstić information content (AvgIpc) is 2.68. The van der Waals surface area contributed by atoms with Crippen LogP contribution in [0.2, 0.25) is 0 Å². The standard InChI is InChI=1S/C19H24N4O2/c1-15(18(24)22-19-20-10-5-11-21-19)23-12-8-17(9-13-23)25-14-16-6-3-2-4-7-16/h2-7,10-11,15,17H,8-9,12-14H2,1H3,(H,20,21,22,24)/t15-/m1/s1. The molecule has 1 amide bonds. The van der Waals surface area contributed by atoms with Gasteiger partial charge in [0.05, 0.1) is 18.8 Å². The highest BCUT2D eigenvalue weighted by Gasteiger charge is 2.27. The summed E-state index contributed by atoms with van der Waals surface area (Å²) in [5.41, 5.74) is 1.19. The number of likely N-dealkylation sites (tertiary alicyclic amines) is 1. The van der Waals surface area contributed by atoms with Gasteiger partial charge in [-0.15, -0.1) is 0 Å². The summed E-state index contributed by atoms with van der Waals surface area (Å²) >= 11 is 0. The summed E-state index contributed by atoms with van der Waals surface area (Å²) in [5, 5.41) is 2.76. The minimum Gasteiger partial charge on any atom is -0.373 e. The van der Waals surface area contributed by atoms with Crippen LogP contribution in [0.4, 0.5) is 5.95 Å². The van der Waals surface area contributed by atoms with Gasteiger partial charge in [-0.25, -0.2) is 9.97 Å². The quantitative estimate of drug-likeness (QED) is 0.875. The molecular formula is C19H24N4O2. The lowest BCUT2D eigenvalue weighted by Crippen LogP contribution is -2.47. The number of hydrogen-bond donors (Lipinski definition) is 1. The minimum absolute atomic E-state index is 0.0742. The zero-order valence-corrected chi connectivity index (χ0v) is 14.5. The summed E-state index contributed by atoms with van der Waals surface area (Å²) in [6.45, 7) is 4.27. The number of nitrogens with zero attached hydrogens (tertiary/aromatic N) is 3. The normalized spacial score (nSPS) is 17.2. The van der Waals surface area contributed by atoms with Crippen LogP contribution in [0.5, 0.6) is 0 Å². The van der Waals surface area contributed by atoms with Crippen molar-refractivity contribution in [2.24, 2.45) is 0 Å². The Morgan fingerprint density at radius 1 is 1.20 bits per heavy atom. The van der Waals surface area contributed by atoms with E-state index in [9.17, 15) is 4.79 Å². The van der Waals surface area contributed by atoms with Crippen molar-refractivity contribution < 1.29 is 9.53 Å². The fraction of sp³-hybridized carbons (Fsp3) is 0.421. The molecule has 1 aromatic carbocycles. The minimum atomic E-state index is -0.209. The number of carbonyl (C=O) groups excluding carboxylic acids is 1. The maximum atomic E-state index is 12.3. The molecule has 1 atom stereocenters. The first-order chi connectivity index (χ1) is 12.2. The third-order valence-corrected chi connectivity index (χ3v) is 4.53. The smallest absolute Gasteiger partial charge is 0.243 e. The second kappa shape index (κ2) is 8.69. The Bertz CT molecular complexity index is 658. The highest BCUT2D eigenvalue weighted by Crippen LogP contribution is 2.18. The molecule has 3 rings (SSSR count). The summed E-state index contributed by atoms with van der Waals surface area (Å²) in [7, 11) is 0. The molecule has 25 heavy (non-hydrogen) atoms. The van der Waals surface area contributed by atoms with Gasteiger partial charge in [0.15, 0.2) is 0 Å². The van der Waals surface area contributed by atoms with E-state index >= 15 is 0 Å². The summed E-state index contributed by atoms with van der Waals surface area (Å²) in [6.07, 6.45) is 5.36. The van der Waals surface area contributed by atoms with Crippen LogP contribution >= 0.6 is 0 Å². The van der Waals surface area contributed by atoms with Gasteiger partial charge in [0.2, 0.25) is 11.9 Å². The van der Waals surface area contributed by atoms with E-state index in [2.05, 4.69) is 32.3 Å². The maximum Gasteiger partial charge on any atom is 0.243 e. The summed E-state index contributed by atoms with van der Waals surface area (Å²) < 4.78 is 6.01. The lowest BCUT2D eigenvalue weighted by Gasteiger charge is -2.35. The van der Waals surface area contributed by atoms with Crippen LogP contribution in [0.3, 0.4) is 0 Å². The highest BCUT2D eigenvalue weighted by atomic mass is 16.5. The molecule has 0 unspecified atom stereocenters. The summed E-state index contributed by atoms with van der Waals surface area (Å²) in [5.74, 6) is 0.273. The lowest BCUT2D eigenvalue weighted by molar-refractivity contribution is -0.122. The van der Waals surface area contributed by atoms with E-state index in [0.717, 1.165) is 25.9 Å². The molecule has 2 aromatic rings. The number of anilines is 1. The molecule has 1 saturated heterocycles. The molecule has 1 aromatic heterocycles. The predicted octanol–water partition coefficient (Wildman–Crippen LogP) is 2.48. The molecule has 0 saturated carbocycles. The van der Waals surface area contributed by atoms with E-state index in [4.69, 9.17) is 4.74 Å². The van der Waals surface area contributed by atoms with Gasteiger partial charge < -0.3 is 4.74 Å². The van der Waals surface area contributed by atoms with Gasteiger partial charge in [0.1, 0.15) is 0 Å². The second-order valence-electron chi connectivity index (χ2n) is 6.27. The van der Waals surface area contributed by atoms with E-state index in [1.807, 2.05) is 25.1 Å². The number of nitrogens with one attached hydrogen (secondary N) is 1. The van der Waals surface area contributed by atoms with Crippen molar-refractivity contribution in [2.75, 3.05) is 18.4 Å². The first-order valence-electron chi connectivity index (χ1n) is 8.70. The van der Waals surface area contributed by atoms with Crippen molar-refractivity contribution >= 4 is 11.9 Å². The second-order valence-corrected chi connectivity index (χ2v) is 6.27. The Kier molecular flexibility index (Phi) is 6.09. The number of rotatable bonds is 6. The molecule has 1 aliphatic rings. The van der Waals surface area contributed by atoms with Gasteiger partial charge >= 0.3 is 0 Å². The van der Waals surface area contributed by atoms with Crippen LogP contribution < -0.4 is 5.32 Å². The first kappa shape index (κ1) is 17.5. The van der Waals surface area contributed by atoms with Crippen LogP contribution in [-0.2, 0) is 16.1 Å². The molecule has 1 fully saturated rings. The van der Waals surface area contributed by atoms with E-state index in [-0.39, 0.29) is 18.1 Å². The predicted molar refractivity (Wildman–Crippen MR) is 95.9 cm³/mol. The molecule has 6 heteroatoms. The van der Waals surface area contributed by atoms with Crippen LogP contribution in [0.1, 0.15) is 25.3 Å². The van der Waals surface area contributed by atoms with Gasteiger partial charge in [-0.2, -0.15) is 0 Å². The SMILES string of the molecule is C[C@H](C(=O)Nc1ncccn1)N1CCC(OCc2ccccc2)CC1. The zero-order valence-electron chi connectivity index (χ0n) is 14.5. The first-order valence-corrected chi connectivity index (χ1v) is 8.70. The molecule has 0 bridgehead atoms. The fourth-order valence-corrected chi connectivity index (χ4v) is 2.96. The molecule has 0 spiro atoms. The number of benzene rings is 1. The van der Waals surface area contributed by atoms with E-state index in [1.54, 1.807) is 18.5 Å². The van der Waals surface area contributed by atoms with Crippen molar-refractivity contribution in [1.29, 1.82) is 0 Å². The molecule has 1 aliphatic heterocycles. The molecular weight excluding hydrogens is 316 g/mol. The van der Waals surface area contributed by atoms with Crippen LogP contribution in [0.25, 0.3) is 0 Å². The maximum absolute atomic E-state index is 12.3.